The molecule has 4 nitrogen and oxygen atoms in total. The third-order valence-electron chi connectivity index (χ3n) is 1.58. The Morgan fingerprint density at radius 3 is 2.62 bits per heavy atom. The van der Waals surface area contributed by atoms with Crippen molar-refractivity contribution in [1.82, 2.24) is 4.98 Å². The van der Waals surface area contributed by atoms with E-state index in [4.69, 9.17) is 11.6 Å². The normalized spacial score (nSPS) is 11.2. The van der Waals surface area contributed by atoms with Crippen LogP contribution in [0.1, 0.15) is 16.1 Å². The van der Waals surface area contributed by atoms with Crippen LogP contribution in [0.25, 0.3) is 0 Å². The summed E-state index contributed by atoms with van der Waals surface area (Å²) in [6.07, 6.45) is -3.95. The minimum atomic E-state index is -4.99. The molecule has 0 bridgehead atoms. The lowest BCUT2D eigenvalue weighted by atomic mass is 10.2. The van der Waals surface area contributed by atoms with Gasteiger partial charge in [-0.2, -0.15) is 0 Å². The highest BCUT2D eigenvalue weighted by Gasteiger charge is 2.34. The lowest BCUT2D eigenvalue weighted by molar-refractivity contribution is -0.275. The zero-order valence-corrected chi connectivity index (χ0v) is 8.34. The number of pyridine rings is 1. The maximum atomic E-state index is 12.0. The number of aromatic hydroxyl groups is 1. The fourth-order valence-corrected chi connectivity index (χ4v) is 1.14. The van der Waals surface area contributed by atoms with Crippen molar-refractivity contribution in [2.45, 2.75) is 12.2 Å². The van der Waals surface area contributed by atoms with Gasteiger partial charge in [-0.3, -0.25) is 4.79 Å². The minimum Gasteiger partial charge on any atom is -0.503 e. The zero-order valence-electron chi connectivity index (χ0n) is 7.58. The van der Waals surface area contributed by atoms with Gasteiger partial charge < -0.3 is 9.84 Å². The van der Waals surface area contributed by atoms with Crippen LogP contribution in [0, 0.1) is 0 Å². The number of carbonyl (C=O) groups is 1. The fraction of sp³-hybridized carbons (Fsp3) is 0.250. The third-order valence-corrected chi connectivity index (χ3v) is 1.87. The van der Waals surface area contributed by atoms with E-state index in [2.05, 4.69) is 9.72 Å². The van der Waals surface area contributed by atoms with Crippen LogP contribution in [-0.4, -0.2) is 22.7 Å². The molecule has 1 rings (SSSR count). The van der Waals surface area contributed by atoms with E-state index in [-0.39, 0.29) is 17.7 Å². The van der Waals surface area contributed by atoms with Crippen LogP contribution in [0.15, 0.2) is 6.20 Å². The summed E-state index contributed by atoms with van der Waals surface area (Å²) in [7, 11) is 0. The van der Waals surface area contributed by atoms with Gasteiger partial charge in [0.25, 0.3) is 0 Å². The average molecular weight is 256 g/mol. The third kappa shape index (κ3) is 2.75. The molecule has 0 aliphatic heterocycles. The number of carbonyl (C=O) groups excluding carboxylic acids is 1. The topological polar surface area (TPSA) is 59.4 Å². The summed E-state index contributed by atoms with van der Waals surface area (Å²) in [5.74, 6) is -2.23. The van der Waals surface area contributed by atoms with Crippen molar-refractivity contribution < 1.29 is 27.8 Å². The summed E-state index contributed by atoms with van der Waals surface area (Å²) in [5, 5.41) is 9.29. The number of halogens is 4. The largest absolute Gasteiger partial charge is 0.573 e. The van der Waals surface area contributed by atoms with E-state index in [1.54, 1.807) is 0 Å². The average Bonchev–Trinajstić information content (AvgIpc) is 2.19. The highest BCUT2D eigenvalue weighted by Crippen LogP contribution is 2.36. The Morgan fingerprint density at radius 1 is 1.56 bits per heavy atom. The maximum absolute atomic E-state index is 12.0. The van der Waals surface area contributed by atoms with Gasteiger partial charge in [0.05, 0.1) is 5.88 Å². The molecule has 0 atom stereocenters. The van der Waals surface area contributed by atoms with Crippen LogP contribution >= 0.6 is 11.6 Å². The molecule has 0 fully saturated rings. The van der Waals surface area contributed by atoms with Gasteiger partial charge in [-0.05, 0) is 0 Å². The summed E-state index contributed by atoms with van der Waals surface area (Å²) < 4.78 is 39.5. The second-order valence-electron chi connectivity index (χ2n) is 2.65. The predicted octanol–water partition coefficient (Wildman–Crippen LogP) is 2.24. The molecule has 0 aliphatic rings. The molecule has 16 heavy (non-hydrogen) atoms. The van der Waals surface area contributed by atoms with E-state index < -0.39 is 23.6 Å². The standard InChI is InChI=1S/C8H5ClF3NO3/c9-1-4-2-13-5(3-14)6(15)7(4)16-8(10,11)12/h2-3,15H,1H2. The van der Waals surface area contributed by atoms with Crippen LogP contribution in [0.4, 0.5) is 13.2 Å². The van der Waals surface area contributed by atoms with Gasteiger partial charge in [0.15, 0.2) is 17.8 Å². The van der Waals surface area contributed by atoms with Crippen LogP contribution in [0.2, 0.25) is 0 Å². The lowest BCUT2D eigenvalue weighted by Gasteiger charge is -2.13. The molecule has 0 radical (unpaired) electrons. The molecule has 88 valence electrons. The molecule has 0 saturated carbocycles. The monoisotopic (exact) mass is 255 g/mol. The first-order chi connectivity index (χ1) is 7.39. The van der Waals surface area contributed by atoms with Crippen molar-refractivity contribution in [3.05, 3.63) is 17.5 Å². The number of aldehydes is 1. The highest BCUT2D eigenvalue weighted by molar-refractivity contribution is 6.17. The van der Waals surface area contributed by atoms with Crippen molar-refractivity contribution >= 4 is 17.9 Å². The number of hydrogen-bond donors (Lipinski definition) is 1. The van der Waals surface area contributed by atoms with Gasteiger partial charge in [-0.25, -0.2) is 4.98 Å². The van der Waals surface area contributed by atoms with Crippen molar-refractivity contribution in [3.8, 4) is 11.5 Å². The number of ether oxygens (including phenoxy) is 1. The van der Waals surface area contributed by atoms with Gasteiger partial charge >= 0.3 is 6.36 Å². The van der Waals surface area contributed by atoms with Crippen LogP contribution in [-0.2, 0) is 5.88 Å². The second kappa shape index (κ2) is 4.56. The summed E-state index contributed by atoms with van der Waals surface area (Å²) in [4.78, 5) is 13.8. The van der Waals surface area contributed by atoms with E-state index >= 15 is 0 Å². The van der Waals surface area contributed by atoms with Gasteiger partial charge in [-0.1, -0.05) is 0 Å². The van der Waals surface area contributed by atoms with Crippen molar-refractivity contribution in [2.75, 3.05) is 0 Å². The molecule has 0 saturated heterocycles. The maximum Gasteiger partial charge on any atom is 0.573 e. The second-order valence-corrected chi connectivity index (χ2v) is 2.91. The first-order valence-corrected chi connectivity index (χ1v) is 4.40. The first kappa shape index (κ1) is 12.6. The van der Waals surface area contributed by atoms with Gasteiger partial charge in [0, 0.05) is 11.8 Å². The predicted molar refractivity (Wildman–Crippen MR) is 47.5 cm³/mol. The molecule has 0 spiro atoms. The summed E-state index contributed by atoms with van der Waals surface area (Å²) in [5.41, 5.74) is -0.713. The van der Waals surface area contributed by atoms with Crippen molar-refractivity contribution in [1.29, 1.82) is 0 Å². The number of nitrogens with zero attached hydrogens (tertiary/aromatic N) is 1. The van der Waals surface area contributed by atoms with Crippen molar-refractivity contribution in [3.63, 3.8) is 0 Å². The van der Waals surface area contributed by atoms with Crippen LogP contribution in [0.3, 0.4) is 0 Å². The Morgan fingerprint density at radius 2 is 2.19 bits per heavy atom. The van der Waals surface area contributed by atoms with E-state index in [1.165, 1.54) is 0 Å². The molecule has 0 amide bonds. The Labute approximate surface area is 92.6 Å². The quantitative estimate of drug-likeness (QED) is 0.665. The summed E-state index contributed by atoms with van der Waals surface area (Å²) >= 11 is 5.34. The fourth-order valence-electron chi connectivity index (χ4n) is 0.947. The lowest BCUT2D eigenvalue weighted by Crippen LogP contribution is -2.18. The molecule has 1 heterocycles. The molecule has 1 aromatic heterocycles. The van der Waals surface area contributed by atoms with Gasteiger partial charge in [0.2, 0.25) is 0 Å². The summed E-state index contributed by atoms with van der Waals surface area (Å²) in [6, 6.07) is 0. The number of hydrogen-bond acceptors (Lipinski definition) is 4. The first-order valence-electron chi connectivity index (χ1n) is 3.86. The van der Waals surface area contributed by atoms with E-state index in [9.17, 15) is 23.1 Å². The Balaban J connectivity index is 3.26. The Kier molecular flexibility index (Phi) is 3.58. The highest BCUT2D eigenvalue weighted by atomic mass is 35.5. The number of rotatable bonds is 3. The van der Waals surface area contributed by atoms with Gasteiger partial charge in [-0.15, -0.1) is 24.8 Å². The SMILES string of the molecule is O=Cc1ncc(CCl)c(OC(F)(F)F)c1O. The molecule has 0 aromatic carbocycles. The molecule has 8 heteroatoms. The molecule has 0 unspecified atom stereocenters. The van der Waals surface area contributed by atoms with E-state index in [1.807, 2.05) is 0 Å². The molecule has 0 aliphatic carbocycles. The molecular formula is C8H5ClF3NO3. The van der Waals surface area contributed by atoms with Crippen molar-refractivity contribution in [2.24, 2.45) is 0 Å². The molecule has 1 N–H and O–H groups in total. The Bertz CT molecular complexity index is 408. The van der Waals surface area contributed by atoms with E-state index in [0.717, 1.165) is 6.20 Å². The molecule has 1 aromatic rings. The smallest absolute Gasteiger partial charge is 0.503 e. The Hall–Kier alpha value is -1.50. The number of aromatic nitrogens is 1. The van der Waals surface area contributed by atoms with E-state index in [0.29, 0.717) is 0 Å². The van der Waals surface area contributed by atoms with Crippen LogP contribution in [0.5, 0.6) is 11.5 Å². The number of alkyl halides is 4. The zero-order chi connectivity index (χ0) is 12.3. The summed E-state index contributed by atoms with van der Waals surface area (Å²) in [6.45, 7) is 0. The van der Waals surface area contributed by atoms with Crippen LogP contribution < -0.4 is 4.74 Å². The van der Waals surface area contributed by atoms with Gasteiger partial charge in [0.1, 0.15) is 5.69 Å². The minimum absolute atomic E-state index is 0.108. The molecular weight excluding hydrogens is 251 g/mol.